The molecule has 33 heavy (non-hydrogen) atoms. The van der Waals surface area contributed by atoms with Gasteiger partial charge in [-0.3, -0.25) is 9.69 Å². The highest BCUT2D eigenvalue weighted by Gasteiger charge is 2.30. The van der Waals surface area contributed by atoms with E-state index in [1.165, 1.54) is 11.3 Å². The Hall–Kier alpha value is -2.14. The van der Waals surface area contributed by atoms with Crippen molar-refractivity contribution in [3.8, 4) is 5.19 Å². The molecular weight excluding hydrogens is 457 g/mol. The monoisotopic (exact) mass is 486 g/mol. The van der Waals surface area contributed by atoms with Gasteiger partial charge in [-0.05, 0) is 57.9 Å². The number of alkyl halides is 3. The lowest BCUT2D eigenvalue weighted by Crippen LogP contribution is -2.39. The van der Waals surface area contributed by atoms with Crippen molar-refractivity contribution in [3.63, 3.8) is 0 Å². The summed E-state index contributed by atoms with van der Waals surface area (Å²) in [5.41, 5.74) is 1.62. The first-order chi connectivity index (χ1) is 15.7. The molecule has 1 fully saturated rings. The van der Waals surface area contributed by atoms with Crippen LogP contribution in [-0.4, -0.2) is 52.9 Å². The molecule has 1 N–H and O–H groups in total. The predicted molar refractivity (Wildman–Crippen MR) is 116 cm³/mol. The molecule has 1 amide bonds. The van der Waals surface area contributed by atoms with Crippen molar-refractivity contribution in [2.75, 3.05) is 19.7 Å². The molecule has 182 valence electrons. The number of carbonyl (C=O) groups is 1. The van der Waals surface area contributed by atoms with Crippen LogP contribution in [0.1, 0.15) is 54.1 Å². The van der Waals surface area contributed by atoms with E-state index in [0.29, 0.717) is 18.2 Å². The van der Waals surface area contributed by atoms with Crippen LogP contribution in [0.5, 0.6) is 5.19 Å². The summed E-state index contributed by atoms with van der Waals surface area (Å²) < 4.78 is 47.0. The zero-order valence-corrected chi connectivity index (χ0v) is 19.4. The number of thiazole rings is 1. The highest BCUT2D eigenvalue weighted by molar-refractivity contribution is 7.13. The maximum Gasteiger partial charge on any atom is 0.422 e. The number of amides is 1. The average molecular weight is 487 g/mol. The number of hydrogen-bond donors (Lipinski definition) is 1. The van der Waals surface area contributed by atoms with Gasteiger partial charge in [0.25, 0.3) is 5.19 Å². The molecule has 2 aromatic rings. The number of hydrogen-bond acceptors (Lipinski definition) is 7. The van der Waals surface area contributed by atoms with Crippen molar-refractivity contribution in [3.05, 3.63) is 28.1 Å². The Kier molecular flexibility index (Phi) is 7.58. The fraction of sp³-hybridized carbons (Fsp3) is 0.682. The normalized spacial score (nSPS) is 21.6. The van der Waals surface area contributed by atoms with Crippen molar-refractivity contribution < 1.29 is 27.2 Å². The van der Waals surface area contributed by atoms with Gasteiger partial charge in [-0.1, -0.05) is 16.5 Å². The number of rotatable bonds is 8. The zero-order chi connectivity index (χ0) is 23.4. The SMILES string of the molecule is Cc1cc(CC(=O)NC2CCC(CCN3CCc4sc(OCC(F)(F)F)nc4C3)CC2)on1. The maximum atomic E-state index is 12.4. The number of aromatic nitrogens is 2. The number of aryl methyl sites for hydroxylation is 1. The van der Waals surface area contributed by atoms with E-state index in [0.717, 1.165) is 67.9 Å². The van der Waals surface area contributed by atoms with Gasteiger partial charge in [0.1, 0.15) is 5.76 Å². The number of carbonyl (C=O) groups excluding carboxylic acids is 1. The Morgan fingerprint density at radius 2 is 2.12 bits per heavy atom. The van der Waals surface area contributed by atoms with E-state index in [4.69, 9.17) is 9.26 Å². The Balaban J connectivity index is 1.15. The molecule has 0 aromatic carbocycles. The van der Waals surface area contributed by atoms with Crippen molar-refractivity contribution in [2.45, 2.75) is 70.6 Å². The van der Waals surface area contributed by atoms with E-state index in [1.54, 1.807) is 6.07 Å². The number of halogens is 3. The Labute approximate surface area is 194 Å². The van der Waals surface area contributed by atoms with Gasteiger partial charge < -0.3 is 14.6 Å². The fourth-order valence-corrected chi connectivity index (χ4v) is 5.43. The summed E-state index contributed by atoms with van der Waals surface area (Å²) in [4.78, 5) is 19.8. The minimum Gasteiger partial charge on any atom is -0.460 e. The van der Waals surface area contributed by atoms with Gasteiger partial charge in [0, 0.05) is 30.1 Å². The predicted octanol–water partition coefficient (Wildman–Crippen LogP) is 4.05. The molecule has 4 rings (SSSR count). The highest BCUT2D eigenvalue weighted by Crippen LogP contribution is 2.32. The molecule has 2 aliphatic rings. The van der Waals surface area contributed by atoms with Crippen LogP contribution in [0.4, 0.5) is 13.2 Å². The maximum absolute atomic E-state index is 12.4. The number of nitrogens with one attached hydrogen (secondary N) is 1. The standard InChI is InChI=1S/C22H29F3N4O3S/c1-14-10-17(32-28-14)11-20(30)26-16-4-2-15(3-5-16)6-8-29-9-7-19-18(12-29)27-21(33-19)31-13-22(23,24)25/h10,15-16H,2-9,11-13H2,1H3,(H,26,30). The molecule has 0 saturated heterocycles. The summed E-state index contributed by atoms with van der Waals surface area (Å²) in [5, 5.41) is 7.02. The van der Waals surface area contributed by atoms with Gasteiger partial charge in [0.15, 0.2) is 6.61 Å². The van der Waals surface area contributed by atoms with Crippen LogP contribution in [0.2, 0.25) is 0 Å². The molecular formula is C22H29F3N4O3S. The largest absolute Gasteiger partial charge is 0.460 e. The molecule has 11 heteroatoms. The molecule has 0 bridgehead atoms. The summed E-state index contributed by atoms with van der Waals surface area (Å²) in [5.74, 6) is 1.18. The second-order valence-electron chi connectivity index (χ2n) is 8.96. The first-order valence-electron chi connectivity index (χ1n) is 11.4. The van der Waals surface area contributed by atoms with Crippen molar-refractivity contribution in [2.24, 2.45) is 5.92 Å². The van der Waals surface area contributed by atoms with Crippen LogP contribution in [0, 0.1) is 12.8 Å². The molecule has 1 aliphatic carbocycles. The first-order valence-corrected chi connectivity index (χ1v) is 12.2. The van der Waals surface area contributed by atoms with Gasteiger partial charge >= 0.3 is 6.18 Å². The topological polar surface area (TPSA) is 80.5 Å². The third kappa shape index (κ3) is 7.17. The smallest absolute Gasteiger partial charge is 0.422 e. The fourth-order valence-electron chi connectivity index (χ4n) is 4.52. The molecule has 0 atom stereocenters. The molecule has 2 aromatic heterocycles. The van der Waals surface area contributed by atoms with E-state index in [9.17, 15) is 18.0 Å². The molecule has 0 radical (unpaired) electrons. The van der Waals surface area contributed by atoms with E-state index in [1.807, 2.05) is 6.92 Å². The van der Waals surface area contributed by atoms with Gasteiger partial charge in [-0.2, -0.15) is 13.2 Å². The van der Waals surface area contributed by atoms with E-state index in [-0.39, 0.29) is 23.6 Å². The van der Waals surface area contributed by atoms with Gasteiger partial charge in [-0.15, -0.1) is 0 Å². The van der Waals surface area contributed by atoms with E-state index in [2.05, 4.69) is 20.4 Å². The number of ether oxygens (including phenoxy) is 1. The summed E-state index contributed by atoms with van der Waals surface area (Å²) in [6, 6.07) is 1.99. The highest BCUT2D eigenvalue weighted by atomic mass is 32.1. The van der Waals surface area contributed by atoms with Crippen LogP contribution < -0.4 is 10.1 Å². The molecule has 3 heterocycles. The van der Waals surface area contributed by atoms with Gasteiger partial charge in [0.05, 0.1) is 17.8 Å². The first kappa shape index (κ1) is 24.0. The minimum atomic E-state index is -4.35. The van der Waals surface area contributed by atoms with Crippen molar-refractivity contribution in [1.82, 2.24) is 20.4 Å². The molecule has 7 nitrogen and oxygen atoms in total. The van der Waals surface area contributed by atoms with Gasteiger partial charge in [0.2, 0.25) is 5.91 Å². The summed E-state index contributed by atoms with van der Waals surface area (Å²) in [7, 11) is 0. The van der Waals surface area contributed by atoms with Crippen LogP contribution in [0.3, 0.4) is 0 Å². The molecule has 0 unspecified atom stereocenters. The molecule has 1 saturated carbocycles. The van der Waals surface area contributed by atoms with Crippen LogP contribution in [0.15, 0.2) is 10.6 Å². The minimum absolute atomic E-state index is 0.0273. The molecule has 0 spiro atoms. The Bertz CT molecular complexity index is 938. The lowest BCUT2D eigenvalue weighted by molar-refractivity contribution is -0.153. The summed E-state index contributed by atoms with van der Waals surface area (Å²) in [6.07, 6.45) is 1.85. The zero-order valence-electron chi connectivity index (χ0n) is 18.6. The van der Waals surface area contributed by atoms with Crippen molar-refractivity contribution >= 4 is 17.2 Å². The lowest BCUT2D eigenvalue weighted by atomic mass is 9.84. The van der Waals surface area contributed by atoms with Crippen molar-refractivity contribution in [1.29, 1.82) is 0 Å². The lowest BCUT2D eigenvalue weighted by Gasteiger charge is -2.31. The summed E-state index contributed by atoms with van der Waals surface area (Å²) >= 11 is 1.23. The summed E-state index contributed by atoms with van der Waals surface area (Å²) in [6.45, 7) is 3.03. The van der Waals surface area contributed by atoms with Crippen LogP contribution in [-0.2, 0) is 24.2 Å². The second kappa shape index (κ2) is 10.4. The third-order valence-corrected chi connectivity index (χ3v) is 7.29. The van der Waals surface area contributed by atoms with Gasteiger partial charge in [-0.25, -0.2) is 4.98 Å². The number of nitrogens with zero attached hydrogens (tertiary/aromatic N) is 3. The van der Waals surface area contributed by atoms with E-state index >= 15 is 0 Å². The average Bonchev–Trinajstić information content (AvgIpc) is 3.36. The Morgan fingerprint density at radius 3 is 2.82 bits per heavy atom. The van der Waals surface area contributed by atoms with E-state index < -0.39 is 12.8 Å². The van der Waals surface area contributed by atoms with Crippen LogP contribution in [0.25, 0.3) is 0 Å². The quantitative estimate of drug-likeness (QED) is 0.607. The third-order valence-electron chi connectivity index (χ3n) is 6.22. The molecule has 1 aliphatic heterocycles. The Morgan fingerprint density at radius 1 is 1.33 bits per heavy atom. The number of fused-ring (bicyclic) bond motifs is 1. The second-order valence-corrected chi connectivity index (χ2v) is 10.0. The van der Waals surface area contributed by atoms with Crippen LogP contribution >= 0.6 is 11.3 Å².